The highest BCUT2D eigenvalue weighted by atomic mass is 16.2. The third-order valence-electron chi connectivity index (χ3n) is 1.69. The second-order valence-corrected chi connectivity index (χ2v) is 2.86. The van der Waals surface area contributed by atoms with Gasteiger partial charge in [0.15, 0.2) is 0 Å². The summed E-state index contributed by atoms with van der Waals surface area (Å²) in [6.07, 6.45) is 14.2. The molecule has 0 fully saturated rings. The maximum atomic E-state index is 8.43. The summed E-state index contributed by atoms with van der Waals surface area (Å²) in [6.45, 7) is 2.37. The van der Waals surface area contributed by atoms with Gasteiger partial charge in [-0.2, -0.15) is 0 Å². The maximum Gasteiger partial charge on any atom is 0.0612 e. The molecule has 0 aliphatic rings. The highest BCUT2D eigenvalue weighted by Gasteiger charge is 1.80. The molecule has 70 valence electrons. The van der Waals surface area contributed by atoms with Gasteiger partial charge in [-0.3, -0.25) is 0 Å². The predicted molar refractivity (Wildman–Crippen MR) is 54.1 cm³/mol. The summed E-state index contributed by atoms with van der Waals surface area (Å²) in [5, 5.41) is 8.43. The highest BCUT2D eigenvalue weighted by molar-refractivity contribution is 4.92. The first-order valence-electron chi connectivity index (χ1n) is 4.82. The van der Waals surface area contributed by atoms with E-state index in [-0.39, 0.29) is 6.61 Å². The van der Waals surface area contributed by atoms with Gasteiger partial charge in [0.2, 0.25) is 0 Å². The van der Waals surface area contributed by atoms with E-state index in [1.54, 1.807) is 6.08 Å². The lowest BCUT2D eigenvalue weighted by Crippen LogP contribution is -1.71. The number of hydrogen-bond donors (Lipinski definition) is 1. The van der Waals surface area contributed by atoms with Crippen LogP contribution in [0.4, 0.5) is 0 Å². The van der Waals surface area contributed by atoms with Crippen LogP contribution in [-0.2, 0) is 0 Å². The van der Waals surface area contributed by atoms with Crippen LogP contribution in [0.2, 0.25) is 0 Å². The molecule has 1 N–H and O–H groups in total. The Kier molecular flexibility index (Phi) is 9.95. The van der Waals surface area contributed by atoms with Crippen LogP contribution < -0.4 is 0 Å². The van der Waals surface area contributed by atoms with Gasteiger partial charge in [-0.15, -0.1) is 0 Å². The SMILES string of the molecule is CCCCC/C=C\C/C=C\CO. The van der Waals surface area contributed by atoms with Crippen molar-refractivity contribution in [2.24, 2.45) is 0 Å². The smallest absolute Gasteiger partial charge is 0.0612 e. The molecule has 0 aromatic rings. The molecule has 0 bridgehead atoms. The Bertz CT molecular complexity index is 125. The Hall–Kier alpha value is -0.560. The van der Waals surface area contributed by atoms with Gasteiger partial charge in [0, 0.05) is 0 Å². The lowest BCUT2D eigenvalue weighted by Gasteiger charge is -1.90. The van der Waals surface area contributed by atoms with E-state index in [1.807, 2.05) is 6.08 Å². The Morgan fingerprint density at radius 2 is 1.75 bits per heavy atom. The monoisotopic (exact) mass is 168 g/mol. The molecule has 0 spiro atoms. The first-order chi connectivity index (χ1) is 5.91. The van der Waals surface area contributed by atoms with E-state index < -0.39 is 0 Å². The van der Waals surface area contributed by atoms with Gasteiger partial charge in [-0.25, -0.2) is 0 Å². The van der Waals surface area contributed by atoms with Crippen LogP contribution >= 0.6 is 0 Å². The minimum Gasteiger partial charge on any atom is -0.392 e. The fourth-order valence-corrected chi connectivity index (χ4v) is 0.976. The zero-order valence-electron chi connectivity index (χ0n) is 8.00. The molecule has 0 aliphatic carbocycles. The summed E-state index contributed by atoms with van der Waals surface area (Å²) < 4.78 is 0. The van der Waals surface area contributed by atoms with Crippen LogP contribution in [0.3, 0.4) is 0 Å². The third-order valence-corrected chi connectivity index (χ3v) is 1.69. The van der Waals surface area contributed by atoms with E-state index in [0.29, 0.717) is 0 Å². The van der Waals surface area contributed by atoms with Gasteiger partial charge in [0.1, 0.15) is 0 Å². The highest BCUT2D eigenvalue weighted by Crippen LogP contribution is 2.00. The van der Waals surface area contributed by atoms with Crippen LogP contribution in [0.5, 0.6) is 0 Å². The molecule has 0 aliphatic heterocycles. The largest absolute Gasteiger partial charge is 0.392 e. The van der Waals surface area contributed by atoms with E-state index in [1.165, 1.54) is 25.7 Å². The second kappa shape index (κ2) is 10.4. The van der Waals surface area contributed by atoms with E-state index in [4.69, 9.17) is 5.11 Å². The van der Waals surface area contributed by atoms with Gasteiger partial charge < -0.3 is 5.11 Å². The topological polar surface area (TPSA) is 20.2 Å². The van der Waals surface area contributed by atoms with Crippen LogP contribution in [0.25, 0.3) is 0 Å². The van der Waals surface area contributed by atoms with Crippen molar-refractivity contribution < 1.29 is 5.11 Å². The first kappa shape index (κ1) is 11.4. The number of aliphatic hydroxyl groups is 1. The summed E-state index contributed by atoms with van der Waals surface area (Å²) in [4.78, 5) is 0. The number of unbranched alkanes of at least 4 members (excludes halogenated alkanes) is 3. The van der Waals surface area contributed by atoms with E-state index in [9.17, 15) is 0 Å². The van der Waals surface area contributed by atoms with E-state index in [0.717, 1.165) is 6.42 Å². The molecule has 1 nitrogen and oxygen atoms in total. The molecule has 0 saturated heterocycles. The molecule has 0 aromatic heterocycles. The fourth-order valence-electron chi connectivity index (χ4n) is 0.976. The van der Waals surface area contributed by atoms with Gasteiger partial charge in [0.05, 0.1) is 6.61 Å². The molecule has 0 saturated carbocycles. The summed E-state index contributed by atoms with van der Waals surface area (Å²) >= 11 is 0. The first-order valence-corrected chi connectivity index (χ1v) is 4.82. The molecule has 12 heavy (non-hydrogen) atoms. The minimum absolute atomic E-state index is 0.156. The number of aliphatic hydroxyl groups excluding tert-OH is 1. The van der Waals surface area contributed by atoms with Crippen molar-refractivity contribution in [3.63, 3.8) is 0 Å². The molecule has 0 radical (unpaired) electrons. The summed E-state index contributed by atoms with van der Waals surface area (Å²) in [6, 6.07) is 0. The zero-order valence-corrected chi connectivity index (χ0v) is 8.00. The van der Waals surface area contributed by atoms with Gasteiger partial charge >= 0.3 is 0 Å². The second-order valence-electron chi connectivity index (χ2n) is 2.86. The van der Waals surface area contributed by atoms with E-state index in [2.05, 4.69) is 19.1 Å². The average molecular weight is 168 g/mol. The molecule has 0 unspecified atom stereocenters. The quantitative estimate of drug-likeness (QED) is 0.457. The Morgan fingerprint density at radius 3 is 2.42 bits per heavy atom. The van der Waals surface area contributed by atoms with Crippen molar-refractivity contribution in [3.05, 3.63) is 24.3 Å². The predicted octanol–water partition coefficient (Wildman–Crippen LogP) is 3.06. The van der Waals surface area contributed by atoms with Gasteiger partial charge in [-0.05, 0) is 19.3 Å². The molecule has 0 rings (SSSR count). The van der Waals surface area contributed by atoms with Crippen LogP contribution in [0.15, 0.2) is 24.3 Å². The molecule has 0 heterocycles. The van der Waals surface area contributed by atoms with Gasteiger partial charge in [0.25, 0.3) is 0 Å². The Balaban J connectivity index is 3.08. The van der Waals surface area contributed by atoms with Crippen molar-refractivity contribution in [1.82, 2.24) is 0 Å². The van der Waals surface area contributed by atoms with Crippen LogP contribution in [0, 0.1) is 0 Å². The van der Waals surface area contributed by atoms with Crippen molar-refractivity contribution in [2.75, 3.05) is 6.61 Å². The number of allylic oxidation sites excluding steroid dienone is 3. The third kappa shape index (κ3) is 9.44. The lowest BCUT2D eigenvalue weighted by atomic mass is 10.2. The zero-order chi connectivity index (χ0) is 9.07. The molecule has 0 atom stereocenters. The Morgan fingerprint density at radius 1 is 1.00 bits per heavy atom. The molecule has 0 amide bonds. The standard InChI is InChI=1S/C11H20O/c1-2-3-4-5-6-7-8-9-10-11-12/h6-7,9-10,12H,2-5,8,11H2,1H3/b7-6-,10-9-. The van der Waals surface area contributed by atoms with Crippen molar-refractivity contribution in [3.8, 4) is 0 Å². The number of hydrogen-bond acceptors (Lipinski definition) is 1. The molecule has 0 aromatic carbocycles. The fraction of sp³-hybridized carbons (Fsp3) is 0.636. The average Bonchev–Trinajstić information content (AvgIpc) is 2.10. The minimum atomic E-state index is 0.156. The molecular formula is C11H20O. The summed E-state index contributed by atoms with van der Waals surface area (Å²) in [7, 11) is 0. The summed E-state index contributed by atoms with van der Waals surface area (Å²) in [5.41, 5.74) is 0. The van der Waals surface area contributed by atoms with Crippen LogP contribution in [-0.4, -0.2) is 11.7 Å². The van der Waals surface area contributed by atoms with E-state index >= 15 is 0 Å². The molecular weight excluding hydrogens is 148 g/mol. The maximum absolute atomic E-state index is 8.43. The van der Waals surface area contributed by atoms with Crippen molar-refractivity contribution in [2.45, 2.75) is 39.0 Å². The van der Waals surface area contributed by atoms with Crippen molar-refractivity contribution >= 4 is 0 Å². The Labute approximate surface area is 75.8 Å². The van der Waals surface area contributed by atoms with Crippen LogP contribution in [0.1, 0.15) is 39.0 Å². The number of rotatable bonds is 7. The lowest BCUT2D eigenvalue weighted by molar-refractivity contribution is 0.342. The normalized spacial score (nSPS) is 11.8. The van der Waals surface area contributed by atoms with Crippen molar-refractivity contribution in [1.29, 1.82) is 0 Å². The molecule has 1 heteroatoms. The van der Waals surface area contributed by atoms with Gasteiger partial charge in [-0.1, -0.05) is 44.1 Å². The summed E-state index contributed by atoms with van der Waals surface area (Å²) in [5.74, 6) is 0.